The summed E-state index contributed by atoms with van der Waals surface area (Å²) in [4.78, 5) is 5.57. The van der Waals surface area contributed by atoms with Gasteiger partial charge in [0.25, 0.3) is 0 Å². The molecule has 1 aliphatic heterocycles. The molecule has 2 heterocycles. The van der Waals surface area contributed by atoms with Crippen molar-refractivity contribution >= 4 is 17.4 Å². The lowest BCUT2D eigenvalue weighted by Gasteiger charge is -2.17. The molecule has 1 fully saturated rings. The Hall–Kier alpha value is -0.900. The Kier molecular flexibility index (Phi) is 3.05. The van der Waals surface area contributed by atoms with E-state index in [1.165, 1.54) is 0 Å². The zero-order chi connectivity index (χ0) is 10.8. The molecule has 0 saturated carbocycles. The van der Waals surface area contributed by atoms with Gasteiger partial charge in [0, 0.05) is 25.0 Å². The molecule has 5 heteroatoms. The molecule has 0 radical (unpaired) electrons. The van der Waals surface area contributed by atoms with Gasteiger partial charge in [-0.15, -0.1) is 11.6 Å². The van der Waals surface area contributed by atoms with Crippen LogP contribution in [0.3, 0.4) is 0 Å². The fraction of sp³-hybridized carbons (Fsp3) is 0.500. The smallest absolute Gasteiger partial charge is 0.168 e. The lowest BCUT2D eigenvalue weighted by Crippen LogP contribution is -2.22. The first kappa shape index (κ1) is 10.6. The van der Waals surface area contributed by atoms with Crippen molar-refractivity contribution in [1.29, 1.82) is 0 Å². The van der Waals surface area contributed by atoms with Crippen molar-refractivity contribution in [2.75, 3.05) is 23.9 Å². The fourth-order valence-electron chi connectivity index (χ4n) is 1.79. The van der Waals surface area contributed by atoms with Crippen molar-refractivity contribution in [2.24, 2.45) is 5.92 Å². The average molecular weight is 233 g/mol. The number of aromatic nitrogens is 1. The van der Waals surface area contributed by atoms with Gasteiger partial charge in [0.05, 0.1) is 6.20 Å². The number of nitrogens with zero attached hydrogens (tertiary/aromatic N) is 2. The van der Waals surface area contributed by atoms with Crippen LogP contribution in [0, 0.1) is 17.6 Å². The maximum absolute atomic E-state index is 13.4. The van der Waals surface area contributed by atoms with Crippen molar-refractivity contribution in [3.8, 4) is 0 Å². The first-order valence-corrected chi connectivity index (χ1v) is 5.36. The Morgan fingerprint density at radius 1 is 1.53 bits per heavy atom. The minimum Gasteiger partial charge on any atom is -0.354 e. The predicted molar refractivity (Wildman–Crippen MR) is 55.2 cm³/mol. The van der Waals surface area contributed by atoms with E-state index >= 15 is 0 Å². The molecule has 1 unspecified atom stereocenters. The lowest BCUT2D eigenvalue weighted by atomic mass is 10.2. The summed E-state index contributed by atoms with van der Waals surface area (Å²) >= 11 is 5.72. The first-order chi connectivity index (χ1) is 7.20. The third-order valence-corrected chi connectivity index (χ3v) is 3.03. The van der Waals surface area contributed by atoms with Gasteiger partial charge in [-0.2, -0.15) is 0 Å². The van der Waals surface area contributed by atoms with Gasteiger partial charge in [-0.25, -0.2) is 13.8 Å². The van der Waals surface area contributed by atoms with E-state index in [0.717, 1.165) is 25.2 Å². The van der Waals surface area contributed by atoms with Gasteiger partial charge in [-0.1, -0.05) is 0 Å². The summed E-state index contributed by atoms with van der Waals surface area (Å²) in [6, 6.07) is 0.857. The van der Waals surface area contributed by atoms with Crippen LogP contribution in [0.4, 0.5) is 14.6 Å². The number of rotatable bonds is 2. The van der Waals surface area contributed by atoms with Crippen LogP contribution in [0.1, 0.15) is 6.42 Å². The molecule has 0 bridgehead atoms. The number of anilines is 1. The van der Waals surface area contributed by atoms with E-state index in [0.29, 0.717) is 18.3 Å². The van der Waals surface area contributed by atoms with Gasteiger partial charge in [0.2, 0.25) is 0 Å². The highest BCUT2D eigenvalue weighted by Gasteiger charge is 2.24. The van der Waals surface area contributed by atoms with Gasteiger partial charge in [0.1, 0.15) is 5.82 Å². The summed E-state index contributed by atoms with van der Waals surface area (Å²) in [5.41, 5.74) is 0. The molecular weight excluding hydrogens is 222 g/mol. The van der Waals surface area contributed by atoms with Gasteiger partial charge in [-0.05, 0) is 12.3 Å². The normalized spacial score (nSPS) is 21.0. The van der Waals surface area contributed by atoms with Crippen LogP contribution in [-0.4, -0.2) is 24.0 Å². The summed E-state index contributed by atoms with van der Waals surface area (Å²) in [6.07, 6.45) is 1.97. The molecule has 2 rings (SSSR count). The summed E-state index contributed by atoms with van der Waals surface area (Å²) < 4.78 is 26.0. The Bertz CT molecular complexity index is 359. The standard InChI is InChI=1S/C10H11ClF2N2/c11-4-7-1-2-15(6-7)10-9(13)3-8(12)5-14-10/h3,5,7H,1-2,4,6H2. The van der Waals surface area contributed by atoms with E-state index in [4.69, 9.17) is 11.6 Å². The number of hydrogen-bond donors (Lipinski definition) is 0. The second kappa shape index (κ2) is 4.31. The van der Waals surface area contributed by atoms with Gasteiger partial charge in [0.15, 0.2) is 11.6 Å². The Morgan fingerprint density at radius 3 is 2.93 bits per heavy atom. The molecule has 2 nitrogen and oxygen atoms in total. The molecule has 1 aromatic heterocycles. The van der Waals surface area contributed by atoms with E-state index in [1.807, 2.05) is 4.90 Å². The molecule has 1 saturated heterocycles. The van der Waals surface area contributed by atoms with Gasteiger partial charge < -0.3 is 4.90 Å². The van der Waals surface area contributed by atoms with Gasteiger partial charge in [-0.3, -0.25) is 0 Å². The highest BCUT2D eigenvalue weighted by atomic mass is 35.5. The third kappa shape index (κ3) is 2.20. The monoisotopic (exact) mass is 232 g/mol. The second-order valence-electron chi connectivity index (χ2n) is 3.71. The SMILES string of the molecule is Fc1cnc(N2CCC(CCl)C2)c(F)c1. The average Bonchev–Trinajstić information content (AvgIpc) is 2.66. The van der Waals surface area contributed by atoms with E-state index < -0.39 is 11.6 Å². The van der Waals surface area contributed by atoms with Crippen LogP contribution in [-0.2, 0) is 0 Å². The lowest BCUT2D eigenvalue weighted by molar-refractivity contribution is 0.569. The number of alkyl halides is 1. The minimum absolute atomic E-state index is 0.226. The molecule has 0 aliphatic carbocycles. The Balaban J connectivity index is 2.17. The number of hydrogen-bond acceptors (Lipinski definition) is 2. The topological polar surface area (TPSA) is 16.1 Å². The highest BCUT2D eigenvalue weighted by Crippen LogP contribution is 2.25. The summed E-state index contributed by atoms with van der Waals surface area (Å²) in [7, 11) is 0. The summed E-state index contributed by atoms with van der Waals surface area (Å²) in [5, 5.41) is 0. The molecule has 0 spiro atoms. The zero-order valence-corrected chi connectivity index (χ0v) is 8.84. The van der Waals surface area contributed by atoms with Crippen LogP contribution in [0.5, 0.6) is 0 Å². The summed E-state index contributed by atoms with van der Waals surface area (Å²) in [6.45, 7) is 1.42. The molecule has 1 aromatic rings. The number of halogens is 3. The van der Waals surface area contributed by atoms with Gasteiger partial charge >= 0.3 is 0 Å². The third-order valence-electron chi connectivity index (χ3n) is 2.59. The Labute approximate surface area is 91.9 Å². The van der Waals surface area contributed by atoms with Crippen LogP contribution in [0.25, 0.3) is 0 Å². The molecular formula is C10H11ClF2N2. The van der Waals surface area contributed by atoms with Crippen LogP contribution in [0.2, 0.25) is 0 Å². The largest absolute Gasteiger partial charge is 0.354 e. The molecule has 0 amide bonds. The molecule has 1 aliphatic rings. The van der Waals surface area contributed by atoms with Crippen molar-refractivity contribution in [3.63, 3.8) is 0 Å². The maximum atomic E-state index is 13.4. The Morgan fingerprint density at radius 2 is 2.33 bits per heavy atom. The minimum atomic E-state index is -0.649. The second-order valence-corrected chi connectivity index (χ2v) is 4.02. The van der Waals surface area contributed by atoms with Crippen molar-refractivity contribution in [1.82, 2.24) is 4.98 Å². The van der Waals surface area contributed by atoms with Crippen molar-refractivity contribution in [2.45, 2.75) is 6.42 Å². The molecule has 1 atom stereocenters. The first-order valence-electron chi connectivity index (χ1n) is 4.82. The predicted octanol–water partition coefficient (Wildman–Crippen LogP) is 2.42. The quantitative estimate of drug-likeness (QED) is 0.728. The molecule has 0 N–H and O–H groups in total. The molecule has 15 heavy (non-hydrogen) atoms. The van der Waals surface area contributed by atoms with Crippen LogP contribution in [0.15, 0.2) is 12.3 Å². The van der Waals surface area contributed by atoms with E-state index in [-0.39, 0.29) is 5.82 Å². The van der Waals surface area contributed by atoms with Crippen molar-refractivity contribution in [3.05, 3.63) is 23.9 Å². The maximum Gasteiger partial charge on any atom is 0.168 e. The summed E-state index contributed by atoms with van der Waals surface area (Å²) in [5.74, 6) is -0.0873. The zero-order valence-electron chi connectivity index (χ0n) is 8.09. The van der Waals surface area contributed by atoms with E-state index in [2.05, 4.69) is 4.98 Å². The fourth-order valence-corrected chi connectivity index (χ4v) is 2.04. The number of pyridine rings is 1. The highest BCUT2D eigenvalue weighted by molar-refractivity contribution is 6.18. The molecule has 0 aromatic carbocycles. The van der Waals surface area contributed by atoms with Crippen LogP contribution >= 0.6 is 11.6 Å². The van der Waals surface area contributed by atoms with Crippen molar-refractivity contribution < 1.29 is 8.78 Å². The molecule has 82 valence electrons. The van der Waals surface area contributed by atoms with Crippen LogP contribution < -0.4 is 4.90 Å². The van der Waals surface area contributed by atoms with E-state index in [9.17, 15) is 8.78 Å². The van der Waals surface area contributed by atoms with E-state index in [1.54, 1.807) is 0 Å².